The van der Waals surface area contributed by atoms with Gasteiger partial charge < -0.3 is 10.1 Å². The number of hydrogen-bond acceptors (Lipinski definition) is 2. The fraction of sp³-hybridized carbons (Fsp3) is 0.200. The van der Waals surface area contributed by atoms with Gasteiger partial charge in [-0.3, -0.25) is 4.79 Å². The van der Waals surface area contributed by atoms with E-state index in [9.17, 15) is 13.6 Å². The van der Waals surface area contributed by atoms with Gasteiger partial charge in [0.15, 0.2) is 11.9 Å². The molecular formula is C15H15F2N2O2+. The Morgan fingerprint density at radius 2 is 1.95 bits per heavy atom. The summed E-state index contributed by atoms with van der Waals surface area (Å²) in [4.78, 5) is 12.0. The number of anilines is 1. The molecule has 0 bridgehead atoms. The van der Waals surface area contributed by atoms with Crippen molar-refractivity contribution in [2.45, 2.75) is 20.1 Å². The van der Waals surface area contributed by atoms with E-state index in [1.54, 1.807) is 22.9 Å². The molecule has 0 unspecified atom stereocenters. The van der Waals surface area contributed by atoms with Crippen molar-refractivity contribution in [1.82, 2.24) is 0 Å². The van der Waals surface area contributed by atoms with Crippen molar-refractivity contribution in [3.63, 3.8) is 0 Å². The molecule has 0 aliphatic rings. The number of nitrogens with one attached hydrogen (secondary N) is 1. The molecule has 0 aliphatic heterocycles. The summed E-state index contributed by atoms with van der Waals surface area (Å²) in [6, 6.07) is 11.6. The molecule has 0 fully saturated rings. The molecule has 1 amide bonds. The van der Waals surface area contributed by atoms with E-state index in [4.69, 9.17) is 0 Å². The summed E-state index contributed by atoms with van der Waals surface area (Å²) < 4.78 is 30.7. The van der Waals surface area contributed by atoms with Crippen molar-refractivity contribution in [2.75, 3.05) is 5.32 Å². The van der Waals surface area contributed by atoms with Crippen molar-refractivity contribution in [3.8, 4) is 5.75 Å². The van der Waals surface area contributed by atoms with Crippen LogP contribution in [0.25, 0.3) is 0 Å². The minimum absolute atomic E-state index is 0.0596. The highest BCUT2D eigenvalue weighted by molar-refractivity contribution is 5.91. The Bertz CT molecular complexity index is 633. The van der Waals surface area contributed by atoms with Gasteiger partial charge in [-0.2, -0.15) is 13.3 Å². The van der Waals surface area contributed by atoms with Crippen LogP contribution in [0.3, 0.4) is 0 Å². The second-order valence-electron chi connectivity index (χ2n) is 4.39. The number of pyridine rings is 1. The molecule has 0 saturated heterocycles. The molecule has 1 aromatic heterocycles. The zero-order valence-corrected chi connectivity index (χ0v) is 11.4. The number of amides is 1. The van der Waals surface area contributed by atoms with Gasteiger partial charge in [-0.05, 0) is 12.1 Å². The standard InChI is InChI=1S/C15H14F2N2O2/c1-11-6-4-5-9-19(11)10-14(20)18-12-7-2-3-8-13(12)21-15(16)17/h2-9,15H,10H2,1H3/p+1. The maximum absolute atomic E-state index is 12.3. The highest BCUT2D eigenvalue weighted by Gasteiger charge is 2.15. The van der Waals surface area contributed by atoms with Gasteiger partial charge in [0.1, 0.15) is 5.75 Å². The van der Waals surface area contributed by atoms with Crippen LogP contribution < -0.4 is 14.6 Å². The number of alkyl halides is 2. The third-order valence-electron chi connectivity index (χ3n) is 2.86. The van der Waals surface area contributed by atoms with Crippen LogP contribution in [0.5, 0.6) is 5.75 Å². The number of rotatable bonds is 5. The van der Waals surface area contributed by atoms with E-state index in [1.807, 2.05) is 25.1 Å². The quantitative estimate of drug-likeness (QED) is 0.861. The lowest BCUT2D eigenvalue weighted by atomic mass is 10.3. The van der Waals surface area contributed by atoms with Gasteiger partial charge in [-0.25, -0.2) is 0 Å². The van der Waals surface area contributed by atoms with Gasteiger partial charge in [0.2, 0.25) is 6.54 Å². The molecule has 0 saturated carbocycles. The summed E-state index contributed by atoms with van der Waals surface area (Å²) >= 11 is 0. The number of hydrogen-bond donors (Lipinski definition) is 1. The van der Waals surface area contributed by atoms with Gasteiger partial charge in [-0.1, -0.05) is 18.2 Å². The SMILES string of the molecule is Cc1cccc[n+]1CC(=O)Nc1ccccc1OC(F)F. The van der Waals surface area contributed by atoms with Crippen LogP contribution in [-0.4, -0.2) is 12.5 Å². The molecule has 2 rings (SSSR count). The van der Waals surface area contributed by atoms with Crippen LogP contribution >= 0.6 is 0 Å². The number of carbonyl (C=O) groups is 1. The van der Waals surface area contributed by atoms with Gasteiger partial charge in [0.25, 0.3) is 5.91 Å². The molecule has 1 heterocycles. The van der Waals surface area contributed by atoms with Gasteiger partial charge in [0, 0.05) is 19.1 Å². The van der Waals surface area contributed by atoms with Gasteiger partial charge in [0.05, 0.1) is 5.69 Å². The summed E-state index contributed by atoms with van der Waals surface area (Å²) in [7, 11) is 0. The normalized spacial score (nSPS) is 10.5. The predicted molar refractivity (Wildman–Crippen MR) is 73.1 cm³/mol. The largest absolute Gasteiger partial charge is 0.433 e. The van der Waals surface area contributed by atoms with E-state index in [2.05, 4.69) is 10.1 Å². The molecule has 0 radical (unpaired) electrons. The number of ether oxygens (including phenoxy) is 1. The summed E-state index contributed by atoms with van der Waals surface area (Å²) in [5, 5.41) is 2.57. The lowest BCUT2D eigenvalue weighted by molar-refractivity contribution is -0.690. The highest BCUT2D eigenvalue weighted by atomic mass is 19.3. The van der Waals surface area contributed by atoms with Crippen LogP contribution in [0, 0.1) is 6.92 Å². The Labute approximate surface area is 121 Å². The third kappa shape index (κ3) is 4.24. The molecule has 0 spiro atoms. The molecule has 0 aliphatic carbocycles. The van der Waals surface area contributed by atoms with Crippen LogP contribution in [0.15, 0.2) is 48.7 Å². The van der Waals surface area contributed by atoms with E-state index in [0.717, 1.165) is 5.69 Å². The maximum atomic E-state index is 12.3. The summed E-state index contributed by atoms with van der Waals surface area (Å²) in [5.41, 5.74) is 1.14. The first-order valence-corrected chi connectivity index (χ1v) is 6.35. The molecule has 6 heteroatoms. The fourth-order valence-electron chi connectivity index (χ4n) is 1.85. The minimum atomic E-state index is -2.94. The van der Waals surface area contributed by atoms with Crippen molar-refractivity contribution in [2.24, 2.45) is 0 Å². The van der Waals surface area contributed by atoms with Crippen LogP contribution in [0.2, 0.25) is 0 Å². The van der Waals surface area contributed by atoms with Crippen molar-refractivity contribution in [3.05, 3.63) is 54.4 Å². The Morgan fingerprint density at radius 1 is 1.24 bits per heavy atom. The lowest BCUT2D eigenvalue weighted by Gasteiger charge is -2.10. The number of nitrogens with zero attached hydrogens (tertiary/aromatic N) is 1. The van der Waals surface area contributed by atoms with E-state index in [1.165, 1.54) is 12.1 Å². The summed E-state index contributed by atoms with van der Waals surface area (Å²) in [5.74, 6) is -0.379. The second kappa shape index (κ2) is 6.78. The number of aryl methyl sites for hydroxylation is 1. The monoisotopic (exact) mass is 293 g/mol. The molecule has 1 N–H and O–H groups in total. The first kappa shape index (κ1) is 14.9. The van der Waals surface area contributed by atoms with Crippen molar-refractivity contribution in [1.29, 1.82) is 0 Å². The van der Waals surface area contributed by atoms with Gasteiger partial charge in [-0.15, -0.1) is 0 Å². The number of aromatic nitrogens is 1. The van der Waals surface area contributed by atoms with Gasteiger partial charge >= 0.3 is 6.61 Å². The highest BCUT2D eigenvalue weighted by Crippen LogP contribution is 2.25. The van der Waals surface area contributed by atoms with E-state index >= 15 is 0 Å². The molecule has 0 atom stereocenters. The molecule has 21 heavy (non-hydrogen) atoms. The van der Waals surface area contributed by atoms with Crippen LogP contribution in [0.4, 0.5) is 14.5 Å². The smallest absolute Gasteiger partial charge is 0.387 e. The molecular weight excluding hydrogens is 278 g/mol. The molecule has 2 aromatic rings. The van der Waals surface area contributed by atoms with E-state index in [0.29, 0.717) is 0 Å². The second-order valence-corrected chi connectivity index (χ2v) is 4.39. The average Bonchev–Trinajstić information content (AvgIpc) is 2.43. The zero-order valence-electron chi connectivity index (χ0n) is 11.4. The van der Waals surface area contributed by atoms with Crippen molar-refractivity contribution < 1.29 is 22.9 Å². The first-order valence-electron chi connectivity index (χ1n) is 6.35. The Balaban J connectivity index is 2.08. The molecule has 1 aromatic carbocycles. The topological polar surface area (TPSA) is 42.2 Å². The Morgan fingerprint density at radius 3 is 2.67 bits per heavy atom. The summed E-state index contributed by atoms with van der Waals surface area (Å²) in [6.07, 6.45) is 1.77. The number of para-hydroxylation sites is 2. The Kier molecular flexibility index (Phi) is 4.81. The first-order chi connectivity index (χ1) is 10.1. The minimum Gasteiger partial charge on any atom is -0.433 e. The fourth-order valence-corrected chi connectivity index (χ4v) is 1.85. The third-order valence-corrected chi connectivity index (χ3v) is 2.86. The summed E-state index contributed by atoms with van der Waals surface area (Å²) in [6.45, 7) is -0.967. The van der Waals surface area contributed by atoms with Crippen LogP contribution in [0.1, 0.15) is 5.69 Å². The van der Waals surface area contributed by atoms with Crippen LogP contribution in [-0.2, 0) is 11.3 Å². The lowest BCUT2D eigenvalue weighted by Crippen LogP contribution is -2.42. The number of halogens is 2. The maximum Gasteiger partial charge on any atom is 0.387 e. The molecule has 110 valence electrons. The number of benzene rings is 1. The number of carbonyl (C=O) groups excluding carboxylic acids is 1. The van der Waals surface area contributed by atoms with Crippen molar-refractivity contribution >= 4 is 11.6 Å². The Hall–Kier alpha value is -2.50. The van der Waals surface area contributed by atoms with E-state index in [-0.39, 0.29) is 23.9 Å². The average molecular weight is 293 g/mol. The van der Waals surface area contributed by atoms with E-state index < -0.39 is 6.61 Å². The molecule has 4 nitrogen and oxygen atoms in total. The zero-order chi connectivity index (χ0) is 15.2. The predicted octanol–water partition coefficient (Wildman–Crippen LogP) is 2.52.